The van der Waals surface area contributed by atoms with Gasteiger partial charge in [0, 0.05) is 43.6 Å². The summed E-state index contributed by atoms with van der Waals surface area (Å²) in [6.45, 7) is 1.96. The van der Waals surface area contributed by atoms with Crippen molar-refractivity contribution in [1.29, 1.82) is 0 Å². The maximum atomic E-state index is 5.33. The lowest BCUT2D eigenvalue weighted by molar-refractivity contribution is 0.572. The Morgan fingerprint density at radius 1 is 1.18 bits per heavy atom. The van der Waals surface area contributed by atoms with E-state index in [2.05, 4.69) is 40.5 Å². The molecular formula is C18H16N8OS. The summed E-state index contributed by atoms with van der Waals surface area (Å²) < 4.78 is 6.31. The maximum absolute atomic E-state index is 5.33. The Morgan fingerprint density at radius 2 is 2.18 bits per heavy atom. The Labute approximate surface area is 163 Å². The summed E-state index contributed by atoms with van der Waals surface area (Å²) in [5.74, 6) is 2.69. The van der Waals surface area contributed by atoms with Gasteiger partial charge in [0.2, 0.25) is 5.95 Å². The summed E-state index contributed by atoms with van der Waals surface area (Å²) in [6.07, 6.45) is 7.90. The molecule has 0 aromatic carbocycles. The number of pyridine rings is 1. The van der Waals surface area contributed by atoms with Gasteiger partial charge < -0.3 is 20.0 Å². The number of aromatic nitrogens is 5. The van der Waals surface area contributed by atoms with Crippen molar-refractivity contribution < 1.29 is 4.42 Å². The summed E-state index contributed by atoms with van der Waals surface area (Å²) in [5, 5.41) is 7.51. The smallest absolute Gasteiger partial charge is 0.255 e. The molecule has 6 rings (SSSR count). The highest BCUT2D eigenvalue weighted by molar-refractivity contribution is 7.21. The average molecular weight is 392 g/mol. The summed E-state index contributed by atoms with van der Waals surface area (Å²) in [5.41, 5.74) is 0.841. The van der Waals surface area contributed by atoms with E-state index in [1.54, 1.807) is 24.9 Å². The zero-order chi connectivity index (χ0) is 18.5. The third kappa shape index (κ3) is 2.69. The van der Waals surface area contributed by atoms with Crippen molar-refractivity contribution in [1.82, 2.24) is 30.2 Å². The molecule has 2 aliphatic rings. The zero-order valence-electron chi connectivity index (χ0n) is 14.7. The summed E-state index contributed by atoms with van der Waals surface area (Å²) in [7, 11) is 0. The van der Waals surface area contributed by atoms with E-state index in [1.165, 1.54) is 11.3 Å². The first-order chi connectivity index (χ1) is 13.8. The van der Waals surface area contributed by atoms with Crippen LogP contribution >= 0.6 is 11.3 Å². The van der Waals surface area contributed by atoms with E-state index in [4.69, 9.17) is 4.42 Å². The second kappa shape index (κ2) is 6.21. The van der Waals surface area contributed by atoms with E-state index in [0.29, 0.717) is 23.8 Å². The minimum absolute atomic E-state index is 0.485. The van der Waals surface area contributed by atoms with Crippen LogP contribution in [0, 0.1) is 0 Å². The Kier molecular flexibility index (Phi) is 3.53. The van der Waals surface area contributed by atoms with Gasteiger partial charge in [-0.05, 0) is 12.5 Å². The first-order valence-electron chi connectivity index (χ1n) is 9.08. The van der Waals surface area contributed by atoms with Gasteiger partial charge in [-0.25, -0.2) is 19.9 Å². The van der Waals surface area contributed by atoms with Gasteiger partial charge in [-0.2, -0.15) is 4.98 Å². The molecule has 9 nitrogen and oxygen atoms in total. The van der Waals surface area contributed by atoms with Crippen LogP contribution in [0.4, 0.5) is 17.6 Å². The molecule has 2 atom stereocenters. The predicted octanol–water partition coefficient (Wildman–Crippen LogP) is 2.43. The van der Waals surface area contributed by atoms with E-state index in [-0.39, 0.29) is 0 Å². The van der Waals surface area contributed by atoms with Crippen LogP contribution in [-0.2, 0) is 0 Å². The molecule has 2 bridgehead atoms. The molecule has 0 spiro atoms. The quantitative estimate of drug-likeness (QED) is 0.542. The van der Waals surface area contributed by atoms with Gasteiger partial charge in [-0.1, -0.05) is 0 Å². The number of piperazine rings is 1. The number of nitrogens with zero attached hydrogens (tertiary/aromatic N) is 6. The molecule has 10 heteroatoms. The van der Waals surface area contributed by atoms with E-state index in [0.717, 1.165) is 46.5 Å². The van der Waals surface area contributed by atoms with Gasteiger partial charge in [0.25, 0.3) is 5.89 Å². The van der Waals surface area contributed by atoms with Crippen LogP contribution in [0.5, 0.6) is 0 Å². The second-order valence-corrected chi connectivity index (χ2v) is 7.94. The van der Waals surface area contributed by atoms with Crippen LogP contribution in [0.2, 0.25) is 0 Å². The molecule has 0 radical (unpaired) electrons. The highest BCUT2D eigenvalue weighted by Crippen LogP contribution is 2.31. The van der Waals surface area contributed by atoms with Crippen LogP contribution in [-0.4, -0.2) is 50.1 Å². The molecule has 2 N–H and O–H groups in total. The fourth-order valence-corrected chi connectivity index (χ4v) is 4.67. The highest BCUT2D eigenvalue weighted by atomic mass is 32.1. The molecule has 2 fully saturated rings. The molecule has 2 aliphatic heterocycles. The van der Waals surface area contributed by atoms with Crippen molar-refractivity contribution in [2.45, 2.75) is 18.5 Å². The van der Waals surface area contributed by atoms with Crippen molar-refractivity contribution in [3.63, 3.8) is 0 Å². The van der Waals surface area contributed by atoms with Crippen LogP contribution in [0.3, 0.4) is 0 Å². The topological polar surface area (TPSA) is 105 Å². The third-order valence-corrected chi connectivity index (χ3v) is 6.10. The molecule has 0 saturated carbocycles. The molecular weight excluding hydrogens is 376 g/mol. The van der Waals surface area contributed by atoms with Gasteiger partial charge in [-0.3, -0.25) is 0 Å². The molecule has 6 heterocycles. The number of hydrogen-bond donors (Lipinski definition) is 2. The lowest BCUT2D eigenvalue weighted by Gasteiger charge is -2.27. The summed E-state index contributed by atoms with van der Waals surface area (Å²) >= 11 is 1.50. The minimum atomic E-state index is 0.485. The Bertz CT molecular complexity index is 1140. The lowest BCUT2D eigenvalue weighted by Crippen LogP contribution is -2.44. The van der Waals surface area contributed by atoms with E-state index in [1.807, 2.05) is 12.1 Å². The summed E-state index contributed by atoms with van der Waals surface area (Å²) in [4.78, 5) is 24.7. The standard InChI is InChI=1S/C18H16N8OS/c1-2-20-18(26-9-10-5-11(26)7-21-10)25-14(1)24-15-6-12-13(8-22-15)28-17(23-12)16-19-3-4-27-16/h1-4,6,8,10-11,21H,5,7,9H2,(H,20,22,24,25)/t10-,11-/m0/s1. The van der Waals surface area contributed by atoms with Gasteiger partial charge >= 0.3 is 0 Å². The van der Waals surface area contributed by atoms with Crippen LogP contribution in [0.25, 0.3) is 21.1 Å². The lowest BCUT2D eigenvalue weighted by atomic mass is 10.2. The Balaban J connectivity index is 1.26. The Hall–Kier alpha value is -3.11. The number of nitrogens with one attached hydrogen (secondary N) is 2. The average Bonchev–Trinajstić information content (AvgIpc) is 3.51. The van der Waals surface area contributed by atoms with Gasteiger partial charge in [-0.15, -0.1) is 11.3 Å². The van der Waals surface area contributed by atoms with Crippen LogP contribution < -0.4 is 15.5 Å². The number of oxazole rings is 1. The molecule has 0 unspecified atom stereocenters. The van der Waals surface area contributed by atoms with Gasteiger partial charge in [0.15, 0.2) is 5.01 Å². The maximum Gasteiger partial charge on any atom is 0.255 e. The number of rotatable bonds is 4. The largest absolute Gasteiger partial charge is 0.443 e. The van der Waals surface area contributed by atoms with Crippen molar-refractivity contribution >= 4 is 39.1 Å². The van der Waals surface area contributed by atoms with Gasteiger partial charge in [0.05, 0.1) is 16.4 Å². The fourth-order valence-electron chi connectivity index (χ4n) is 3.82. The van der Waals surface area contributed by atoms with Crippen molar-refractivity contribution in [3.05, 3.63) is 37.0 Å². The highest BCUT2D eigenvalue weighted by Gasteiger charge is 2.38. The molecule has 4 aromatic rings. The van der Waals surface area contributed by atoms with E-state index < -0.39 is 0 Å². The third-order valence-electron chi connectivity index (χ3n) is 5.10. The van der Waals surface area contributed by atoms with Crippen molar-refractivity contribution in [2.24, 2.45) is 0 Å². The molecule has 0 aliphatic carbocycles. The minimum Gasteiger partial charge on any atom is -0.443 e. The number of fused-ring (bicyclic) bond motifs is 3. The summed E-state index contributed by atoms with van der Waals surface area (Å²) in [6, 6.07) is 4.79. The van der Waals surface area contributed by atoms with E-state index >= 15 is 0 Å². The fraction of sp³-hybridized carbons (Fsp3) is 0.278. The van der Waals surface area contributed by atoms with E-state index in [9.17, 15) is 0 Å². The molecule has 4 aromatic heterocycles. The molecule has 28 heavy (non-hydrogen) atoms. The van der Waals surface area contributed by atoms with Crippen LogP contribution in [0.1, 0.15) is 6.42 Å². The first kappa shape index (κ1) is 15.9. The van der Waals surface area contributed by atoms with Gasteiger partial charge in [0.1, 0.15) is 17.9 Å². The molecule has 0 amide bonds. The monoisotopic (exact) mass is 392 g/mol. The molecule has 2 saturated heterocycles. The van der Waals surface area contributed by atoms with Crippen molar-refractivity contribution in [3.8, 4) is 10.9 Å². The SMILES string of the molecule is c1cc(Nc2cc3nc(-c4ncco4)sc3cn2)nc(N2C[C@@H]3C[C@H]2CN3)n1. The van der Waals surface area contributed by atoms with Crippen molar-refractivity contribution in [2.75, 3.05) is 23.3 Å². The first-order valence-corrected chi connectivity index (χ1v) is 9.90. The Morgan fingerprint density at radius 3 is 3.00 bits per heavy atom. The number of thiazole rings is 1. The number of hydrogen-bond acceptors (Lipinski definition) is 10. The predicted molar refractivity (Wildman–Crippen MR) is 106 cm³/mol. The second-order valence-electron chi connectivity index (χ2n) is 6.91. The molecule has 140 valence electrons. The van der Waals surface area contributed by atoms with Crippen LogP contribution in [0.15, 0.2) is 41.4 Å². The number of anilines is 3. The zero-order valence-corrected chi connectivity index (χ0v) is 15.6. The normalized spacial score (nSPS) is 20.9.